The molecule has 5 N–H and O–H groups in total. The van der Waals surface area contributed by atoms with E-state index in [-0.39, 0.29) is 60.0 Å². The quantitative estimate of drug-likeness (QED) is 0.156. The number of carbonyl (C=O) groups excluding carboxylic acids is 4. The van der Waals surface area contributed by atoms with Crippen LogP contribution >= 0.6 is 7.82 Å². The predicted octanol–water partition coefficient (Wildman–Crippen LogP) is 0.196. The standard InChI is InChI=1S/C25H33O12P.Na.H/c1-23-11-17(28)22-15(16(23)7-8-25(23,32)18(29)12-26)4-3-13-9-14(27)10-19(24(13,22)2)36-20(30)5-6-21(31)37-38(33,34)35;;/h9-10,15-17,22,26,28,32H,3-8,11-12H2,1-2H3,(H2,33,34,35);;/t15-,16-,17-,22+,23-,24+,25-;;/m0../s1. The number of carbonyl (C=O) groups is 4. The summed E-state index contributed by atoms with van der Waals surface area (Å²) in [5.41, 5.74) is -3.14. The Morgan fingerprint density at radius 1 is 1.10 bits per heavy atom. The van der Waals surface area contributed by atoms with Crippen LogP contribution in [0.4, 0.5) is 0 Å². The van der Waals surface area contributed by atoms with Gasteiger partial charge in [0.2, 0.25) is 0 Å². The first-order chi connectivity index (χ1) is 17.6. The van der Waals surface area contributed by atoms with Crippen molar-refractivity contribution in [3.05, 3.63) is 23.5 Å². The zero-order chi connectivity index (χ0) is 28.3. The molecule has 0 saturated heterocycles. The van der Waals surface area contributed by atoms with E-state index < -0.39 is 79.2 Å². The van der Waals surface area contributed by atoms with E-state index in [9.17, 15) is 39.1 Å². The summed E-state index contributed by atoms with van der Waals surface area (Å²) in [6.45, 7) is 2.73. The van der Waals surface area contributed by atoms with Gasteiger partial charge in [-0.1, -0.05) is 12.5 Å². The molecule has 7 atom stereocenters. The van der Waals surface area contributed by atoms with Crippen LogP contribution in [0.2, 0.25) is 0 Å². The van der Waals surface area contributed by atoms with Crippen molar-refractivity contribution in [1.29, 1.82) is 0 Å². The van der Waals surface area contributed by atoms with Crippen molar-refractivity contribution in [3.63, 3.8) is 0 Å². The normalized spacial score (nSPS) is 37.3. The molecule has 4 rings (SSSR count). The Hall–Kier alpha value is -1.21. The number of rotatable bonds is 7. The molecule has 0 amide bonds. The number of allylic oxidation sites excluding steroid dienone is 3. The number of aliphatic hydroxyl groups excluding tert-OH is 2. The Morgan fingerprint density at radius 3 is 2.36 bits per heavy atom. The average Bonchev–Trinajstić information content (AvgIpc) is 3.07. The van der Waals surface area contributed by atoms with Gasteiger partial charge in [-0.05, 0) is 56.9 Å². The summed E-state index contributed by atoms with van der Waals surface area (Å²) in [6, 6.07) is 0. The Morgan fingerprint density at radius 2 is 1.74 bits per heavy atom. The summed E-state index contributed by atoms with van der Waals surface area (Å²) >= 11 is 0. The summed E-state index contributed by atoms with van der Waals surface area (Å²) in [4.78, 5) is 66.7. The number of aliphatic hydroxyl groups is 3. The molecule has 0 aromatic heterocycles. The molecule has 0 radical (unpaired) electrons. The number of phosphoric ester groups is 1. The molecule has 0 aromatic rings. The van der Waals surface area contributed by atoms with Crippen LogP contribution in [0, 0.1) is 28.6 Å². The second kappa shape index (κ2) is 11.2. The van der Waals surface area contributed by atoms with Gasteiger partial charge in [0.1, 0.15) is 18.0 Å². The average molecular weight is 580 g/mol. The summed E-state index contributed by atoms with van der Waals surface area (Å²) in [5, 5.41) is 32.4. The number of phosphoric acid groups is 1. The maximum absolute atomic E-state index is 12.6. The number of Topliss-reactive ketones (excluding diaryl/α,β-unsaturated/α-hetero) is 1. The van der Waals surface area contributed by atoms with E-state index in [1.807, 2.05) is 0 Å². The molecule has 3 fully saturated rings. The van der Waals surface area contributed by atoms with E-state index in [2.05, 4.69) is 4.52 Å². The molecule has 0 spiro atoms. The Balaban J connectivity index is 0.00000420. The number of esters is 1. The van der Waals surface area contributed by atoms with Crippen LogP contribution in [-0.4, -0.2) is 96.5 Å². The molecule has 4 aliphatic rings. The molecule has 39 heavy (non-hydrogen) atoms. The predicted molar refractivity (Wildman–Crippen MR) is 135 cm³/mol. The van der Waals surface area contributed by atoms with Crippen molar-refractivity contribution < 1.29 is 58.1 Å². The number of ketones is 2. The van der Waals surface area contributed by atoms with Crippen molar-refractivity contribution >= 4 is 60.9 Å². The van der Waals surface area contributed by atoms with Gasteiger partial charge in [0.05, 0.1) is 24.4 Å². The SMILES string of the molecule is C[C@@]12C(=CC(=O)C=C1OC(=O)CCC(=O)OP(=O)(O)O)CC[C@@H]1[C@@H]2[C@@H](O)C[C@@]2(C)[C@H]1CC[C@]2(O)C(=O)CO.[NaH]. The minimum atomic E-state index is -5.06. The van der Waals surface area contributed by atoms with Crippen LogP contribution < -0.4 is 0 Å². The zero-order valence-corrected chi connectivity index (χ0v) is 22.1. The second-order valence-corrected chi connectivity index (χ2v) is 12.4. The number of fused-ring (bicyclic) bond motifs is 5. The molecular weight excluding hydrogens is 546 g/mol. The van der Waals surface area contributed by atoms with E-state index in [1.54, 1.807) is 13.8 Å². The van der Waals surface area contributed by atoms with Crippen LogP contribution in [0.3, 0.4) is 0 Å². The second-order valence-electron chi connectivity index (χ2n) is 11.2. The van der Waals surface area contributed by atoms with Crippen LogP contribution in [0.25, 0.3) is 0 Å². The van der Waals surface area contributed by atoms with Gasteiger partial charge in [-0.25, -0.2) is 4.57 Å². The van der Waals surface area contributed by atoms with Crippen molar-refractivity contribution in [2.75, 3.05) is 6.61 Å². The summed E-state index contributed by atoms with van der Waals surface area (Å²) in [6.07, 6.45) is 2.13. The molecule has 3 saturated carbocycles. The van der Waals surface area contributed by atoms with Gasteiger partial charge in [-0.2, -0.15) is 0 Å². The van der Waals surface area contributed by atoms with E-state index in [0.717, 1.165) is 0 Å². The molecule has 12 nitrogen and oxygen atoms in total. The van der Waals surface area contributed by atoms with E-state index in [0.29, 0.717) is 24.8 Å². The third-order valence-electron chi connectivity index (χ3n) is 9.37. The number of hydrogen-bond acceptors (Lipinski definition) is 10. The van der Waals surface area contributed by atoms with Gasteiger partial charge in [0, 0.05) is 17.4 Å². The van der Waals surface area contributed by atoms with Crippen LogP contribution in [0.5, 0.6) is 0 Å². The Labute approximate surface area is 247 Å². The molecule has 0 aliphatic heterocycles. The van der Waals surface area contributed by atoms with Gasteiger partial charge < -0.3 is 24.6 Å². The fourth-order valence-corrected chi connectivity index (χ4v) is 8.04. The molecule has 4 aliphatic carbocycles. The van der Waals surface area contributed by atoms with Gasteiger partial charge in [0.25, 0.3) is 0 Å². The summed E-state index contributed by atoms with van der Waals surface area (Å²) < 4.78 is 20.3. The van der Waals surface area contributed by atoms with Crippen LogP contribution in [0.1, 0.15) is 58.8 Å². The van der Waals surface area contributed by atoms with Gasteiger partial charge >= 0.3 is 49.3 Å². The Kier molecular flexibility index (Phi) is 9.30. The van der Waals surface area contributed by atoms with Gasteiger partial charge in [0.15, 0.2) is 11.6 Å². The minimum absolute atomic E-state index is 0. The van der Waals surface area contributed by atoms with E-state index in [1.165, 1.54) is 12.2 Å². The third-order valence-corrected chi connectivity index (χ3v) is 9.81. The van der Waals surface area contributed by atoms with Gasteiger partial charge in [-0.15, -0.1) is 0 Å². The Bertz CT molecular complexity index is 1180. The van der Waals surface area contributed by atoms with Crippen LogP contribution in [0.15, 0.2) is 23.5 Å². The molecule has 0 unspecified atom stereocenters. The number of ether oxygens (including phenoxy) is 1. The molecule has 14 heteroatoms. The topological polar surface area (TPSA) is 205 Å². The van der Waals surface area contributed by atoms with E-state index in [4.69, 9.17) is 14.5 Å². The monoisotopic (exact) mass is 580 g/mol. The summed E-state index contributed by atoms with van der Waals surface area (Å²) in [5.74, 6) is -4.17. The first-order valence-electron chi connectivity index (χ1n) is 12.6. The summed E-state index contributed by atoms with van der Waals surface area (Å²) in [7, 11) is -5.06. The first-order valence-corrected chi connectivity index (χ1v) is 14.1. The molecule has 0 heterocycles. The molecule has 0 bridgehead atoms. The maximum atomic E-state index is 12.6. The molecule has 0 aromatic carbocycles. The zero-order valence-electron chi connectivity index (χ0n) is 21.2. The van der Waals surface area contributed by atoms with E-state index >= 15 is 0 Å². The fourth-order valence-electron chi connectivity index (χ4n) is 7.69. The third kappa shape index (κ3) is 5.52. The first kappa shape index (κ1) is 32.3. The fraction of sp³-hybridized carbons (Fsp3) is 0.680. The van der Waals surface area contributed by atoms with Crippen molar-refractivity contribution in [2.24, 2.45) is 28.6 Å². The number of hydrogen-bond donors (Lipinski definition) is 5. The van der Waals surface area contributed by atoms with Crippen molar-refractivity contribution in [3.8, 4) is 0 Å². The van der Waals surface area contributed by atoms with Crippen molar-refractivity contribution in [2.45, 2.75) is 70.5 Å². The van der Waals surface area contributed by atoms with Crippen LogP contribution in [-0.2, 0) is 33.0 Å². The van der Waals surface area contributed by atoms with Gasteiger partial charge in [-0.3, -0.25) is 29.0 Å². The molecular formula is C25H34NaO12P. The van der Waals surface area contributed by atoms with Crippen molar-refractivity contribution in [1.82, 2.24) is 0 Å². The molecule has 212 valence electrons.